The van der Waals surface area contributed by atoms with Crippen LogP contribution in [0.4, 0.5) is 0 Å². The fourth-order valence-electron chi connectivity index (χ4n) is 1.41. The minimum Gasteiger partial charge on any atom is -0.355 e. The van der Waals surface area contributed by atoms with Gasteiger partial charge >= 0.3 is 0 Å². The van der Waals surface area contributed by atoms with Gasteiger partial charge in [-0.1, -0.05) is 12.1 Å². The first kappa shape index (κ1) is 14.6. The van der Waals surface area contributed by atoms with Crippen LogP contribution in [-0.2, 0) is 11.3 Å². The molecular weight excluding hydrogens is 248 g/mol. The zero-order valence-corrected chi connectivity index (χ0v) is 11.6. The number of benzene rings is 1. The van der Waals surface area contributed by atoms with E-state index in [-0.39, 0.29) is 17.1 Å². The molecule has 0 spiro atoms. The van der Waals surface area contributed by atoms with Crippen LogP contribution in [0.15, 0.2) is 24.3 Å². The third-order valence-corrected chi connectivity index (χ3v) is 3.53. The normalized spacial score (nSPS) is 11.7. The summed E-state index contributed by atoms with van der Waals surface area (Å²) >= 11 is 1.50. The number of hydrogen-bond donors (Lipinski definition) is 2. The van der Waals surface area contributed by atoms with E-state index in [0.29, 0.717) is 12.1 Å². The molecule has 5 heteroatoms. The first-order valence-electron chi connectivity index (χ1n) is 5.70. The number of nitrogens with one attached hydrogen (secondary N) is 2. The second-order valence-corrected chi connectivity index (χ2v) is 5.05. The van der Waals surface area contributed by atoms with Gasteiger partial charge in [0, 0.05) is 19.2 Å². The Morgan fingerprint density at radius 3 is 2.72 bits per heavy atom. The van der Waals surface area contributed by atoms with Gasteiger partial charge in [0.15, 0.2) is 0 Å². The molecular formula is C13H18N2O2S. The Morgan fingerprint density at radius 1 is 1.39 bits per heavy atom. The highest BCUT2D eigenvalue weighted by Crippen LogP contribution is 2.07. The Balaban J connectivity index is 2.63. The van der Waals surface area contributed by atoms with Gasteiger partial charge in [-0.2, -0.15) is 11.8 Å². The predicted octanol–water partition coefficient (Wildman–Crippen LogP) is 1.41. The molecule has 0 aromatic heterocycles. The van der Waals surface area contributed by atoms with E-state index < -0.39 is 0 Å². The SMILES string of the molecule is CNC(=O)c1cccc(CNC(=O)C(C)SC)c1. The molecule has 1 atom stereocenters. The molecule has 18 heavy (non-hydrogen) atoms. The van der Waals surface area contributed by atoms with Crippen LogP contribution in [0.5, 0.6) is 0 Å². The maximum atomic E-state index is 11.6. The summed E-state index contributed by atoms with van der Waals surface area (Å²) in [6, 6.07) is 7.22. The smallest absolute Gasteiger partial charge is 0.251 e. The second kappa shape index (κ2) is 7.06. The first-order valence-corrected chi connectivity index (χ1v) is 6.98. The van der Waals surface area contributed by atoms with Gasteiger partial charge in [0.05, 0.1) is 5.25 Å². The number of thioether (sulfide) groups is 1. The molecule has 0 saturated heterocycles. The predicted molar refractivity (Wildman–Crippen MR) is 74.7 cm³/mol. The van der Waals surface area contributed by atoms with Crippen molar-refractivity contribution < 1.29 is 9.59 Å². The summed E-state index contributed by atoms with van der Waals surface area (Å²) in [5.41, 5.74) is 1.51. The number of rotatable bonds is 5. The Labute approximate surface area is 112 Å². The molecule has 1 aromatic rings. The van der Waals surface area contributed by atoms with Gasteiger partial charge in [0.25, 0.3) is 5.91 Å². The molecule has 1 rings (SSSR count). The van der Waals surface area contributed by atoms with Crippen molar-refractivity contribution in [1.82, 2.24) is 10.6 Å². The zero-order valence-electron chi connectivity index (χ0n) is 10.8. The first-order chi connectivity index (χ1) is 8.58. The highest BCUT2D eigenvalue weighted by Gasteiger charge is 2.10. The van der Waals surface area contributed by atoms with Gasteiger partial charge < -0.3 is 10.6 Å². The van der Waals surface area contributed by atoms with Gasteiger partial charge in [0.1, 0.15) is 0 Å². The maximum Gasteiger partial charge on any atom is 0.251 e. The van der Waals surface area contributed by atoms with Crippen LogP contribution in [0.1, 0.15) is 22.8 Å². The fourth-order valence-corrected chi connectivity index (χ4v) is 1.70. The van der Waals surface area contributed by atoms with Crippen LogP contribution in [0.25, 0.3) is 0 Å². The highest BCUT2D eigenvalue weighted by atomic mass is 32.2. The van der Waals surface area contributed by atoms with Crippen molar-refractivity contribution in [2.45, 2.75) is 18.7 Å². The van der Waals surface area contributed by atoms with Gasteiger partial charge in [-0.15, -0.1) is 0 Å². The van der Waals surface area contributed by atoms with E-state index in [2.05, 4.69) is 10.6 Å². The molecule has 0 bridgehead atoms. The van der Waals surface area contributed by atoms with Crippen molar-refractivity contribution in [1.29, 1.82) is 0 Å². The lowest BCUT2D eigenvalue weighted by Gasteiger charge is -2.10. The van der Waals surface area contributed by atoms with E-state index in [4.69, 9.17) is 0 Å². The minimum atomic E-state index is -0.124. The molecule has 0 radical (unpaired) electrons. The number of amides is 2. The summed E-state index contributed by atoms with van der Waals surface area (Å²) < 4.78 is 0. The molecule has 0 heterocycles. The van der Waals surface area contributed by atoms with Crippen LogP contribution in [0, 0.1) is 0 Å². The largest absolute Gasteiger partial charge is 0.355 e. The summed E-state index contributed by atoms with van der Waals surface area (Å²) in [4.78, 5) is 23.1. The van der Waals surface area contributed by atoms with Gasteiger partial charge in [0.2, 0.25) is 5.91 Å². The zero-order chi connectivity index (χ0) is 13.5. The number of carbonyl (C=O) groups excluding carboxylic acids is 2. The average Bonchev–Trinajstić information content (AvgIpc) is 2.43. The van der Waals surface area contributed by atoms with Crippen molar-refractivity contribution in [3.05, 3.63) is 35.4 Å². The van der Waals surface area contributed by atoms with Crippen LogP contribution in [0.3, 0.4) is 0 Å². The monoisotopic (exact) mass is 266 g/mol. The minimum absolute atomic E-state index is 0.00726. The molecule has 98 valence electrons. The van der Waals surface area contributed by atoms with Crippen LogP contribution < -0.4 is 10.6 Å². The number of hydrogen-bond acceptors (Lipinski definition) is 3. The Bertz CT molecular complexity index is 435. The molecule has 0 aliphatic carbocycles. The third-order valence-electron chi connectivity index (χ3n) is 2.61. The molecule has 0 aliphatic heterocycles. The highest BCUT2D eigenvalue weighted by molar-refractivity contribution is 7.99. The van der Waals surface area contributed by atoms with E-state index in [1.54, 1.807) is 19.2 Å². The molecule has 1 aromatic carbocycles. The molecule has 0 fully saturated rings. The van der Waals surface area contributed by atoms with Crippen molar-refractivity contribution in [2.24, 2.45) is 0 Å². The van der Waals surface area contributed by atoms with Crippen molar-refractivity contribution in [3.63, 3.8) is 0 Å². The van der Waals surface area contributed by atoms with Gasteiger partial charge in [-0.25, -0.2) is 0 Å². The lowest BCUT2D eigenvalue weighted by molar-refractivity contribution is -0.120. The number of carbonyl (C=O) groups is 2. The van der Waals surface area contributed by atoms with E-state index in [1.165, 1.54) is 11.8 Å². The van der Waals surface area contributed by atoms with E-state index in [9.17, 15) is 9.59 Å². The van der Waals surface area contributed by atoms with Crippen LogP contribution in [0.2, 0.25) is 0 Å². The van der Waals surface area contributed by atoms with Crippen LogP contribution >= 0.6 is 11.8 Å². The molecule has 0 saturated carbocycles. The Hall–Kier alpha value is -1.49. The van der Waals surface area contributed by atoms with E-state index in [1.807, 2.05) is 25.3 Å². The summed E-state index contributed by atoms with van der Waals surface area (Å²) in [6.45, 7) is 2.30. The molecule has 2 N–H and O–H groups in total. The summed E-state index contributed by atoms with van der Waals surface area (Å²) in [6.07, 6.45) is 1.90. The summed E-state index contributed by atoms with van der Waals surface area (Å²) in [5.74, 6) is -0.117. The molecule has 2 amide bonds. The van der Waals surface area contributed by atoms with Gasteiger partial charge in [-0.05, 0) is 30.9 Å². The Morgan fingerprint density at radius 2 is 2.11 bits per heavy atom. The summed E-state index contributed by atoms with van der Waals surface area (Å²) in [5, 5.41) is 5.35. The standard InChI is InChI=1S/C13H18N2O2S/c1-9(18-3)12(16)15-8-10-5-4-6-11(7-10)13(17)14-2/h4-7,9H,8H2,1-3H3,(H,14,17)(H,15,16). The fraction of sp³-hybridized carbons (Fsp3) is 0.385. The van der Waals surface area contributed by atoms with E-state index >= 15 is 0 Å². The third kappa shape index (κ3) is 4.07. The molecule has 0 aliphatic rings. The maximum absolute atomic E-state index is 11.6. The molecule has 1 unspecified atom stereocenters. The lowest BCUT2D eigenvalue weighted by atomic mass is 10.1. The van der Waals surface area contributed by atoms with Crippen molar-refractivity contribution in [3.8, 4) is 0 Å². The average molecular weight is 266 g/mol. The van der Waals surface area contributed by atoms with Gasteiger partial charge in [-0.3, -0.25) is 9.59 Å². The topological polar surface area (TPSA) is 58.2 Å². The lowest BCUT2D eigenvalue weighted by Crippen LogP contribution is -2.30. The molecule has 4 nitrogen and oxygen atoms in total. The Kier molecular flexibility index (Phi) is 5.71. The summed E-state index contributed by atoms with van der Waals surface area (Å²) in [7, 11) is 1.59. The van der Waals surface area contributed by atoms with E-state index in [0.717, 1.165) is 5.56 Å². The second-order valence-electron chi connectivity index (χ2n) is 3.88. The van der Waals surface area contributed by atoms with Crippen molar-refractivity contribution >= 4 is 23.6 Å². The quantitative estimate of drug-likeness (QED) is 0.847. The van der Waals surface area contributed by atoms with Crippen molar-refractivity contribution in [2.75, 3.05) is 13.3 Å². The van der Waals surface area contributed by atoms with Crippen LogP contribution in [-0.4, -0.2) is 30.4 Å².